The third kappa shape index (κ3) is 3.57. The van der Waals surface area contributed by atoms with Gasteiger partial charge >= 0.3 is 0 Å². The van der Waals surface area contributed by atoms with Gasteiger partial charge in [-0.3, -0.25) is 9.21 Å². The summed E-state index contributed by atoms with van der Waals surface area (Å²) in [6, 6.07) is 7.34. The van der Waals surface area contributed by atoms with Gasteiger partial charge < -0.3 is 9.84 Å². The zero-order chi connectivity index (χ0) is 17.4. The molecule has 4 rings (SSSR count). The molecule has 8 nitrogen and oxygen atoms in total. The van der Waals surface area contributed by atoms with Crippen molar-refractivity contribution in [1.82, 2.24) is 20.4 Å². The molecule has 3 heterocycles. The first-order chi connectivity index (χ1) is 12.0. The average Bonchev–Trinajstić information content (AvgIpc) is 3.22. The van der Waals surface area contributed by atoms with E-state index in [4.69, 9.17) is 4.52 Å². The van der Waals surface area contributed by atoms with Crippen molar-refractivity contribution in [3.8, 4) is 11.5 Å². The number of aromatic nitrogens is 2. The van der Waals surface area contributed by atoms with Gasteiger partial charge in [-0.25, -0.2) is 8.42 Å². The zero-order valence-electron chi connectivity index (χ0n) is 14.5. The molecule has 1 aromatic carbocycles. The van der Waals surface area contributed by atoms with Crippen LogP contribution in [0.25, 0.3) is 11.5 Å². The van der Waals surface area contributed by atoms with Gasteiger partial charge in [0.25, 0.3) is 5.89 Å². The van der Waals surface area contributed by atoms with Gasteiger partial charge in [-0.05, 0) is 31.7 Å². The number of nitrogens with one attached hydrogen (secondary N) is 1. The van der Waals surface area contributed by atoms with Crippen LogP contribution < -0.4 is 9.62 Å². The number of hydrogen-bond donors (Lipinski definition) is 1. The minimum Gasteiger partial charge on any atom is -0.334 e. The minimum atomic E-state index is -3.21. The van der Waals surface area contributed by atoms with E-state index in [1.165, 1.54) is 4.31 Å². The molecule has 2 aromatic rings. The topological polar surface area (TPSA) is 91.6 Å². The molecule has 1 unspecified atom stereocenters. The summed E-state index contributed by atoms with van der Waals surface area (Å²) in [4.78, 5) is 6.72. The number of hydrogen-bond acceptors (Lipinski definition) is 7. The minimum absolute atomic E-state index is 0. The SMILES string of the molecule is CN1CCNCC1c1noc(-c2cccc(N3CCCS3(=O)=O)c2)n1.Cl. The lowest BCUT2D eigenvalue weighted by Gasteiger charge is -2.30. The van der Waals surface area contributed by atoms with Crippen molar-refractivity contribution in [2.24, 2.45) is 0 Å². The van der Waals surface area contributed by atoms with E-state index in [9.17, 15) is 8.42 Å². The first-order valence-electron chi connectivity index (χ1n) is 8.40. The van der Waals surface area contributed by atoms with Crippen LogP contribution in [0.15, 0.2) is 28.8 Å². The summed E-state index contributed by atoms with van der Waals surface area (Å²) in [5.41, 5.74) is 1.37. The van der Waals surface area contributed by atoms with Crippen LogP contribution >= 0.6 is 12.4 Å². The van der Waals surface area contributed by atoms with E-state index in [-0.39, 0.29) is 24.2 Å². The summed E-state index contributed by atoms with van der Waals surface area (Å²) in [6.07, 6.45) is 0.651. The molecule has 0 amide bonds. The third-order valence-electron chi connectivity index (χ3n) is 4.73. The number of nitrogens with zero attached hydrogens (tertiary/aromatic N) is 4. The lowest BCUT2D eigenvalue weighted by molar-refractivity contribution is 0.190. The summed E-state index contributed by atoms with van der Waals surface area (Å²) in [6.45, 7) is 3.17. The van der Waals surface area contributed by atoms with Crippen LogP contribution in [-0.2, 0) is 10.0 Å². The van der Waals surface area contributed by atoms with E-state index in [0.717, 1.165) is 25.2 Å². The zero-order valence-corrected chi connectivity index (χ0v) is 16.1. The quantitative estimate of drug-likeness (QED) is 0.830. The second-order valence-electron chi connectivity index (χ2n) is 6.45. The highest BCUT2D eigenvalue weighted by Gasteiger charge is 2.29. The van der Waals surface area contributed by atoms with Crippen molar-refractivity contribution in [1.29, 1.82) is 0 Å². The van der Waals surface area contributed by atoms with Crippen molar-refractivity contribution in [2.45, 2.75) is 12.5 Å². The molecule has 10 heteroatoms. The Hall–Kier alpha value is -1.68. The van der Waals surface area contributed by atoms with Crippen molar-refractivity contribution in [2.75, 3.05) is 43.3 Å². The van der Waals surface area contributed by atoms with Crippen molar-refractivity contribution >= 4 is 28.1 Å². The second kappa shape index (κ2) is 7.51. The molecular formula is C16H22ClN5O3S. The van der Waals surface area contributed by atoms with Gasteiger partial charge in [-0.2, -0.15) is 4.98 Å². The first-order valence-corrected chi connectivity index (χ1v) is 10.0. The Labute approximate surface area is 159 Å². The van der Waals surface area contributed by atoms with Crippen molar-refractivity contribution in [3.05, 3.63) is 30.1 Å². The van der Waals surface area contributed by atoms with Gasteiger partial charge in [0, 0.05) is 31.7 Å². The molecule has 2 aliphatic heterocycles. The fraction of sp³-hybridized carbons (Fsp3) is 0.500. The molecule has 2 saturated heterocycles. The van der Waals surface area contributed by atoms with E-state index < -0.39 is 10.0 Å². The number of anilines is 1. The van der Waals surface area contributed by atoms with Crippen molar-refractivity contribution in [3.63, 3.8) is 0 Å². The molecule has 0 radical (unpaired) electrons. The normalized spacial score (nSPS) is 23.0. The number of sulfonamides is 1. The molecule has 1 atom stereocenters. The Balaban J connectivity index is 0.00000196. The maximum Gasteiger partial charge on any atom is 0.258 e. The highest BCUT2D eigenvalue weighted by atomic mass is 35.5. The smallest absolute Gasteiger partial charge is 0.258 e. The largest absolute Gasteiger partial charge is 0.334 e. The summed E-state index contributed by atoms with van der Waals surface area (Å²) in [5.74, 6) is 1.25. The van der Waals surface area contributed by atoms with Crippen LogP contribution in [0, 0.1) is 0 Å². The molecule has 1 N–H and O–H groups in total. The molecule has 1 aromatic heterocycles. The number of halogens is 1. The van der Waals surface area contributed by atoms with Crippen LogP contribution in [0.5, 0.6) is 0 Å². The maximum atomic E-state index is 12.1. The summed E-state index contributed by atoms with van der Waals surface area (Å²) in [5, 5.41) is 7.45. The summed E-state index contributed by atoms with van der Waals surface area (Å²) in [7, 11) is -1.16. The standard InChI is InChI=1S/C16H21N5O3S.ClH/c1-20-8-6-17-11-14(20)15-18-16(24-19-15)12-4-2-5-13(10-12)21-7-3-9-25(21,22)23;/h2,4-5,10,14,17H,3,6-9,11H2,1H3;1H. The molecule has 0 spiro atoms. The van der Waals surface area contributed by atoms with Crippen LogP contribution in [0.3, 0.4) is 0 Å². The van der Waals surface area contributed by atoms with Crippen LogP contribution in [0.2, 0.25) is 0 Å². The number of piperazine rings is 1. The highest BCUT2D eigenvalue weighted by molar-refractivity contribution is 7.93. The van der Waals surface area contributed by atoms with E-state index in [1.807, 2.05) is 19.2 Å². The molecule has 0 saturated carbocycles. The van der Waals surface area contributed by atoms with Gasteiger partial charge in [0.05, 0.1) is 17.5 Å². The van der Waals surface area contributed by atoms with Gasteiger partial charge in [-0.1, -0.05) is 11.2 Å². The maximum absolute atomic E-state index is 12.1. The lowest BCUT2D eigenvalue weighted by atomic mass is 10.2. The second-order valence-corrected chi connectivity index (χ2v) is 8.46. The number of rotatable bonds is 3. The number of likely N-dealkylation sites (N-methyl/N-ethyl adjacent to an activating group) is 1. The molecule has 0 bridgehead atoms. The fourth-order valence-corrected chi connectivity index (χ4v) is 4.86. The molecule has 142 valence electrons. The Morgan fingerprint density at radius 3 is 2.88 bits per heavy atom. The van der Waals surface area contributed by atoms with Gasteiger partial charge in [0.15, 0.2) is 5.82 Å². The Kier molecular flexibility index (Phi) is 5.52. The first kappa shape index (κ1) is 19.1. The number of benzene rings is 1. The average molecular weight is 400 g/mol. The van der Waals surface area contributed by atoms with E-state index in [1.54, 1.807) is 12.1 Å². The predicted molar refractivity (Wildman–Crippen MR) is 101 cm³/mol. The van der Waals surface area contributed by atoms with Gasteiger partial charge in [0.1, 0.15) is 0 Å². The Morgan fingerprint density at radius 1 is 1.31 bits per heavy atom. The van der Waals surface area contributed by atoms with Gasteiger partial charge in [-0.15, -0.1) is 12.4 Å². The lowest BCUT2D eigenvalue weighted by Crippen LogP contribution is -2.44. The summed E-state index contributed by atoms with van der Waals surface area (Å²) < 4.78 is 31.1. The molecule has 26 heavy (non-hydrogen) atoms. The monoisotopic (exact) mass is 399 g/mol. The molecule has 2 fully saturated rings. The molecular weight excluding hydrogens is 378 g/mol. The third-order valence-corrected chi connectivity index (χ3v) is 6.60. The predicted octanol–water partition coefficient (Wildman–Crippen LogP) is 1.27. The highest BCUT2D eigenvalue weighted by Crippen LogP contribution is 2.29. The van der Waals surface area contributed by atoms with E-state index in [0.29, 0.717) is 30.4 Å². The molecule has 2 aliphatic rings. The van der Waals surface area contributed by atoms with Crippen molar-refractivity contribution < 1.29 is 12.9 Å². The van der Waals surface area contributed by atoms with E-state index >= 15 is 0 Å². The Bertz CT molecular complexity index is 872. The van der Waals surface area contributed by atoms with Crippen LogP contribution in [0.1, 0.15) is 18.3 Å². The Morgan fingerprint density at radius 2 is 2.15 bits per heavy atom. The van der Waals surface area contributed by atoms with Crippen LogP contribution in [0.4, 0.5) is 5.69 Å². The van der Waals surface area contributed by atoms with E-state index in [2.05, 4.69) is 20.4 Å². The fourth-order valence-electron chi connectivity index (χ4n) is 3.31. The molecule has 0 aliphatic carbocycles. The summed E-state index contributed by atoms with van der Waals surface area (Å²) >= 11 is 0. The van der Waals surface area contributed by atoms with Crippen LogP contribution in [-0.4, -0.2) is 62.4 Å². The van der Waals surface area contributed by atoms with Gasteiger partial charge in [0.2, 0.25) is 10.0 Å².